The van der Waals surface area contributed by atoms with Crippen molar-refractivity contribution in [2.45, 2.75) is 32.4 Å². The molecule has 1 atom stereocenters. The Bertz CT molecular complexity index is 440. The first kappa shape index (κ1) is 17.1. The highest BCUT2D eigenvalue weighted by molar-refractivity contribution is 9.10. The number of aliphatic hydroxyl groups excluding tert-OH is 1. The van der Waals surface area contributed by atoms with Gasteiger partial charge in [0.05, 0.1) is 12.6 Å². The molecule has 0 heterocycles. The van der Waals surface area contributed by atoms with Gasteiger partial charge in [0.2, 0.25) is 5.91 Å². The lowest BCUT2D eigenvalue weighted by molar-refractivity contribution is -0.123. The summed E-state index contributed by atoms with van der Waals surface area (Å²) in [6, 6.07) is 7.53. The molecule has 1 aromatic carbocycles. The molecule has 20 heavy (non-hydrogen) atoms. The Morgan fingerprint density at radius 2 is 1.90 bits per heavy atom. The van der Waals surface area contributed by atoms with Crippen molar-refractivity contribution in [3.63, 3.8) is 0 Å². The first-order chi connectivity index (χ1) is 9.17. The van der Waals surface area contributed by atoms with Crippen molar-refractivity contribution < 1.29 is 9.90 Å². The molecule has 0 unspecified atom stereocenters. The van der Waals surface area contributed by atoms with Crippen LogP contribution in [0.4, 0.5) is 0 Å². The average Bonchev–Trinajstić information content (AvgIpc) is 2.26. The van der Waals surface area contributed by atoms with Crippen LogP contribution < -0.4 is 5.32 Å². The van der Waals surface area contributed by atoms with E-state index in [2.05, 4.69) is 21.2 Å². The number of carbonyl (C=O) groups excluding carboxylic acids is 1. The van der Waals surface area contributed by atoms with Crippen molar-refractivity contribution in [1.82, 2.24) is 10.2 Å². The summed E-state index contributed by atoms with van der Waals surface area (Å²) in [5.41, 5.74) is 0.610. The highest BCUT2D eigenvalue weighted by atomic mass is 79.9. The van der Waals surface area contributed by atoms with Gasteiger partial charge in [0.1, 0.15) is 0 Å². The average molecular weight is 343 g/mol. The molecule has 1 rings (SSSR count). The van der Waals surface area contributed by atoms with E-state index in [1.54, 1.807) is 0 Å². The Balaban J connectivity index is 2.47. The molecule has 0 saturated heterocycles. The molecule has 5 heteroatoms. The number of hydrogen-bond donors (Lipinski definition) is 2. The maximum Gasteiger partial charge on any atom is 0.234 e. The number of nitrogens with zero attached hydrogens (tertiary/aromatic N) is 1. The van der Waals surface area contributed by atoms with Crippen LogP contribution in [0.15, 0.2) is 28.7 Å². The van der Waals surface area contributed by atoms with E-state index in [4.69, 9.17) is 0 Å². The van der Waals surface area contributed by atoms with E-state index in [1.807, 2.05) is 57.0 Å². The van der Waals surface area contributed by atoms with Crippen molar-refractivity contribution >= 4 is 21.8 Å². The van der Waals surface area contributed by atoms with Gasteiger partial charge in [0.25, 0.3) is 0 Å². The second kappa shape index (κ2) is 7.20. The second-order valence-electron chi connectivity index (χ2n) is 6.06. The van der Waals surface area contributed by atoms with E-state index >= 15 is 0 Å². The van der Waals surface area contributed by atoms with E-state index in [0.717, 1.165) is 10.0 Å². The van der Waals surface area contributed by atoms with Gasteiger partial charge in [0.15, 0.2) is 0 Å². The standard InChI is InChI=1S/C15H23BrN2O2/c1-15(2,3)17-14(20)10-18(4)9-13(19)11-5-7-12(16)8-6-11/h5-8,13,19H,9-10H2,1-4H3,(H,17,20)/t13-/m1/s1. The molecule has 1 aromatic rings. The summed E-state index contributed by atoms with van der Waals surface area (Å²) in [6.45, 7) is 6.52. The molecule has 0 aromatic heterocycles. The Labute approximate surface area is 129 Å². The Morgan fingerprint density at radius 3 is 2.40 bits per heavy atom. The SMILES string of the molecule is CN(CC(=O)NC(C)(C)C)C[C@@H](O)c1ccc(Br)cc1. The van der Waals surface area contributed by atoms with Gasteiger partial charge in [-0.05, 0) is 45.5 Å². The van der Waals surface area contributed by atoms with Gasteiger partial charge in [-0.1, -0.05) is 28.1 Å². The summed E-state index contributed by atoms with van der Waals surface area (Å²) in [6.07, 6.45) is -0.601. The predicted molar refractivity (Wildman–Crippen MR) is 84.5 cm³/mol. The largest absolute Gasteiger partial charge is 0.387 e. The van der Waals surface area contributed by atoms with Crippen LogP contribution in [0, 0.1) is 0 Å². The molecule has 2 N–H and O–H groups in total. The van der Waals surface area contributed by atoms with Crippen molar-refractivity contribution in [2.75, 3.05) is 20.1 Å². The molecule has 0 saturated carbocycles. The molecule has 0 aliphatic carbocycles. The number of likely N-dealkylation sites (N-methyl/N-ethyl adjacent to an activating group) is 1. The van der Waals surface area contributed by atoms with Gasteiger partial charge >= 0.3 is 0 Å². The fraction of sp³-hybridized carbons (Fsp3) is 0.533. The highest BCUT2D eigenvalue weighted by Gasteiger charge is 2.17. The van der Waals surface area contributed by atoms with Gasteiger partial charge in [-0.2, -0.15) is 0 Å². The summed E-state index contributed by atoms with van der Waals surface area (Å²) in [5.74, 6) is -0.0389. The molecule has 0 bridgehead atoms. The van der Waals surface area contributed by atoms with Gasteiger partial charge in [-0.25, -0.2) is 0 Å². The molecule has 0 fully saturated rings. The summed E-state index contributed by atoms with van der Waals surface area (Å²) < 4.78 is 0.978. The molecule has 0 aliphatic heterocycles. The maximum absolute atomic E-state index is 11.8. The van der Waals surface area contributed by atoms with Crippen LogP contribution in [0.2, 0.25) is 0 Å². The zero-order valence-corrected chi connectivity index (χ0v) is 14.1. The summed E-state index contributed by atoms with van der Waals surface area (Å²) >= 11 is 3.36. The zero-order valence-electron chi connectivity index (χ0n) is 12.5. The molecular formula is C15H23BrN2O2. The van der Waals surface area contributed by atoms with Crippen LogP contribution in [0.25, 0.3) is 0 Å². The Kier molecular flexibility index (Phi) is 6.17. The third-order valence-corrected chi connectivity index (χ3v) is 3.20. The summed E-state index contributed by atoms with van der Waals surface area (Å²) in [5, 5.41) is 13.0. The monoisotopic (exact) mass is 342 g/mol. The maximum atomic E-state index is 11.8. The molecule has 1 amide bonds. The highest BCUT2D eigenvalue weighted by Crippen LogP contribution is 2.17. The van der Waals surface area contributed by atoms with Crippen LogP contribution in [-0.2, 0) is 4.79 Å². The number of rotatable bonds is 5. The minimum absolute atomic E-state index is 0.0389. The van der Waals surface area contributed by atoms with Crippen LogP contribution in [0.3, 0.4) is 0 Å². The number of aliphatic hydroxyl groups is 1. The van der Waals surface area contributed by atoms with Gasteiger partial charge in [-0.15, -0.1) is 0 Å². The lowest BCUT2D eigenvalue weighted by atomic mass is 10.1. The van der Waals surface area contributed by atoms with Crippen LogP contribution >= 0.6 is 15.9 Å². The van der Waals surface area contributed by atoms with Crippen LogP contribution in [-0.4, -0.2) is 41.6 Å². The summed E-state index contributed by atoms with van der Waals surface area (Å²) in [7, 11) is 1.82. The number of benzene rings is 1. The van der Waals surface area contributed by atoms with Crippen molar-refractivity contribution in [1.29, 1.82) is 0 Å². The third kappa shape index (κ3) is 6.50. The van der Waals surface area contributed by atoms with Gasteiger partial charge in [-0.3, -0.25) is 9.69 Å². The molecule has 0 aliphatic rings. The minimum atomic E-state index is -0.601. The van der Waals surface area contributed by atoms with Crippen molar-refractivity contribution in [2.24, 2.45) is 0 Å². The van der Waals surface area contributed by atoms with E-state index < -0.39 is 6.10 Å². The molecule has 0 radical (unpaired) electrons. The number of carbonyl (C=O) groups is 1. The summed E-state index contributed by atoms with van der Waals surface area (Å²) in [4.78, 5) is 13.6. The molecule has 112 valence electrons. The number of hydrogen-bond acceptors (Lipinski definition) is 3. The lowest BCUT2D eigenvalue weighted by Gasteiger charge is -2.24. The quantitative estimate of drug-likeness (QED) is 0.863. The van der Waals surface area contributed by atoms with E-state index in [-0.39, 0.29) is 18.0 Å². The Morgan fingerprint density at radius 1 is 1.35 bits per heavy atom. The normalized spacial score (nSPS) is 13.3. The van der Waals surface area contributed by atoms with Gasteiger partial charge < -0.3 is 10.4 Å². The van der Waals surface area contributed by atoms with E-state index in [0.29, 0.717) is 6.54 Å². The smallest absolute Gasteiger partial charge is 0.234 e. The third-order valence-electron chi connectivity index (χ3n) is 2.67. The topological polar surface area (TPSA) is 52.6 Å². The minimum Gasteiger partial charge on any atom is -0.387 e. The second-order valence-corrected chi connectivity index (χ2v) is 6.98. The molecular weight excluding hydrogens is 320 g/mol. The van der Waals surface area contributed by atoms with E-state index in [9.17, 15) is 9.90 Å². The molecule has 4 nitrogen and oxygen atoms in total. The van der Waals surface area contributed by atoms with Crippen LogP contribution in [0.1, 0.15) is 32.4 Å². The Hall–Kier alpha value is -0.910. The fourth-order valence-corrected chi connectivity index (χ4v) is 2.12. The van der Waals surface area contributed by atoms with E-state index in [1.165, 1.54) is 0 Å². The molecule has 0 spiro atoms. The first-order valence-electron chi connectivity index (χ1n) is 6.60. The fourth-order valence-electron chi connectivity index (χ4n) is 1.85. The number of halogens is 1. The van der Waals surface area contributed by atoms with Crippen molar-refractivity contribution in [3.05, 3.63) is 34.3 Å². The van der Waals surface area contributed by atoms with Gasteiger partial charge in [0, 0.05) is 16.6 Å². The van der Waals surface area contributed by atoms with Crippen LogP contribution in [0.5, 0.6) is 0 Å². The lowest BCUT2D eigenvalue weighted by Crippen LogP contribution is -2.45. The first-order valence-corrected chi connectivity index (χ1v) is 7.40. The number of nitrogens with one attached hydrogen (secondary N) is 1. The van der Waals surface area contributed by atoms with Crippen molar-refractivity contribution in [3.8, 4) is 0 Å². The predicted octanol–water partition coefficient (Wildman–Crippen LogP) is 2.33. The zero-order chi connectivity index (χ0) is 15.3. The number of amides is 1.